The lowest BCUT2D eigenvalue weighted by Gasteiger charge is -2.18. The molecule has 0 saturated heterocycles. The molecule has 0 unspecified atom stereocenters. The number of carbonyl (C=O) groups excluding carboxylic acids is 1. The van der Waals surface area contributed by atoms with Crippen molar-refractivity contribution in [2.24, 2.45) is 7.05 Å². The minimum atomic E-state index is 0.0422. The molecule has 0 atom stereocenters. The number of fused-ring (bicyclic) bond motifs is 1. The molecule has 2 aromatic rings. The van der Waals surface area contributed by atoms with Crippen LogP contribution >= 0.6 is 11.8 Å². The Kier molecular flexibility index (Phi) is 2.90. The summed E-state index contributed by atoms with van der Waals surface area (Å²) in [6.07, 6.45) is 2.91. The Balaban J connectivity index is 1.95. The molecular weight excluding hydrogens is 262 g/mol. The fourth-order valence-electron chi connectivity index (χ4n) is 1.97. The molecule has 19 heavy (non-hydrogen) atoms. The van der Waals surface area contributed by atoms with E-state index in [4.69, 9.17) is 5.73 Å². The third kappa shape index (κ3) is 2.28. The van der Waals surface area contributed by atoms with E-state index in [0.717, 1.165) is 27.7 Å². The van der Waals surface area contributed by atoms with E-state index < -0.39 is 0 Å². The van der Waals surface area contributed by atoms with Gasteiger partial charge in [-0.25, -0.2) is 0 Å². The molecule has 1 aromatic heterocycles. The number of benzene rings is 1. The van der Waals surface area contributed by atoms with E-state index in [1.54, 1.807) is 6.33 Å². The molecule has 3 N–H and O–H groups in total. The van der Waals surface area contributed by atoms with Crippen LogP contribution < -0.4 is 11.1 Å². The average Bonchev–Trinajstić information content (AvgIpc) is 2.76. The molecule has 1 aromatic carbocycles. The zero-order valence-corrected chi connectivity index (χ0v) is 11.2. The molecule has 7 heteroatoms. The molecule has 0 bridgehead atoms. The van der Waals surface area contributed by atoms with Gasteiger partial charge in [-0.15, -0.1) is 10.2 Å². The van der Waals surface area contributed by atoms with Crippen LogP contribution in [0, 0.1) is 0 Å². The molecule has 0 fully saturated rings. The highest BCUT2D eigenvalue weighted by atomic mass is 32.2. The van der Waals surface area contributed by atoms with Crippen molar-refractivity contribution in [3.63, 3.8) is 0 Å². The van der Waals surface area contributed by atoms with E-state index in [1.165, 1.54) is 11.8 Å². The number of nitrogens with one attached hydrogen (secondary N) is 1. The second-order valence-corrected chi connectivity index (χ2v) is 5.43. The van der Waals surface area contributed by atoms with Gasteiger partial charge < -0.3 is 15.6 Å². The molecule has 98 valence electrons. The largest absolute Gasteiger partial charge is 0.398 e. The van der Waals surface area contributed by atoms with Gasteiger partial charge in [0.2, 0.25) is 5.91 Å². The van der Waals surface area contributed by atoms with Crippen molar-refractivity contribution in [1.82, 2.24) is 14.8 Å². The van der Waals surface area contributed by atoms with Gasteiger partial charge >= 0.3 is 0 Å². The Morgan fingerprint density at radius 2 is 2.26 bits per heavy atom. The number of hydrogen-bond donors (Lipinski definition) is 2. The topological polar surface area (TPSA) is 85.8 Å². The van der Waals surface area contributed by atoms with Crippen molar-refractivity contribution < 1.29 is 4.79 Å². The van der Waals surface area contributed by atoms with Crippen LogP contribution in [0.25, 0.3) is 0 Å². The molecule has 0 saturated carbocycles. The molecular formula is C12H13N5OS. The van der Waals surface area contributed by atoms with Crippen molar-refractivity contribution in [3.05, 3.63) is 24.0 Å². The highest BCUT2D eigenvalue weighted by molar-refractivity contribution is 7.99. The maximum absolute atomic E-state index is 11.3. The maximum atomic E-state index is 11.3. The third-order valence-corrected chi connectivity index (χ3v) is 4.13. The number of amides is 1. The number of hydrogen-bond acceptors (Lipinski definition) is 5. The Hall–Kier alpha value is -2.02. The summed E-state index contributed by atoms with van der Waals surface area (Å²) in [5.74, 6) is 0.0422. The molecule has 6 nitrogen and oxygen atoms in total. The van der Waals surface area contributed by atoms with Crippen LogP contribution in [-0.2, 0) is 18.3 Å². The van der Waals surface area contributed by atoms with Gasteiger partial charge in [-0.1, -0.05) is 0 Å². The van der Waals surface area contributed by atoms with E-state index in [-0.39, 0.29) is 5.91 Å². The van der Waals surface area contributed by atoms with E-state index in [2.05, 4.69) is 15.5 Å². The first-order chi connectivity index (χ1) is 9.13. The van der Waals surface area contributed by atoms with Crippen molar-refractivity contribution in [3.8, 4) is 0 Å². The summed E-state index contributed by atoms with van der Waals surface area (Å²) in [4.78, 5) is 12.3. The van der Waals surface area contributed by atoms with Gasteiger partial charge in [-0.2, -0.15) is 0 Å². The maximum Gasteiger partial charge on any atom is 0.224 e. The Labute approximate surface area is 114 Å². The fraction of sp³-hybridized carbons (Fsp3) is 0.250. The lowest BCUT2D eigenvalue weighted by Crippen LogP contribution is -2.19. The molecule has 3 rings (SSSR count). The summed E-state index contributed by atoms with van der Waals surface area (Å²) in [7, 11) is 1.89. The third-order valence-electron chi connectivity index (χ3n) is 3.00. The molecule has 1 aliphatic heterocycles. The zero-order valence-electron chi connectivity index (χ0n) is 10.4. The number of aromatic nitrogens is 3. The molecule has 0 spiro atoms. The molecule has 2 heterocycles. The van der Waals surface area contributed by atoms with Gasteiger partial charge in [0.1, 0.15) is 6.33 Å². The Morgan fingerprint density at radius 3 is 3.00 bits per heavy atom. The lowest BCUT2D eigenvalue weighted by molar-refractivity contribution is -0.116. The number of nitrogens with zero attached hydrogens (tertiary/aromatic N) is 3. The SMILES string of the molecule is Cn1cnnc1Sc1cc2c(cc1N)NC(=O)CC2. The summed E-state index contributed by atoms with van der Waals surface area (Å²) in [6, 6.07) is 3.83. The number of nitrogens with two attached hydrogens (primary N) is 1. The first-order valence-electron chi connectivity index (χ1n) is 5.87. The van der Waals surface area contributed by atoms with Gasteiger partial charge in [0.05, 0.1) is 0 Å². The minimum absolute atomic E-state index is 0.0422. The normalized spacial score (nSPS) is 14.1. The highest BCUT2D eigenvalue weighted by Crippen LogP contribution is 2.36. The van der Waals surface area contributed by atoms with Crippen molar-refractivity contribution in [1.29, 1.82) is 0 Å². The Bertz CT molecular complexity index is 652. The molecule has 0 radical (unpaired) electrons. The van der Waals surface area contributed by atoms with Crippen LogP contribution in [0.5, 0.6) is 0 Å². The predicted molar refractivity (Wildman–Crippen MR) is 72.9 cm³/mol. The smallest absolute Gasteiger partial charge is 0.224 e. The number of nitrogen functional groups attached to an aromatic ring is 1. The summed E-state index contributed by atoms with van der Waals surface area (Å²) in [6.45, 7) is 0. The Morgan fingerprint density at radius 1 is 1.42 bits per heavy atom. The van der Waals surface area contributed by atoms with E-state index in [0.29, 0.717) is 12.1 Å². The number of carbonyl (C=O) groups is 1. The van der Waals surface area contributed by atoms with E-state index >= 15 is 0 Å². The predicted octanol–water partition coefficient (Wildman–Crippen LogP) is 1.43. The number of anilines is 2. The van der Waals surface area contributed by atoms with Crippen molar-refractivity contribution >= 4 is 29.0 Å². The monoisotopic (exact) mass is 275 g/mol. The van der Waals surface area contributed by atoms with Crippen LogP contribution in [0.3, 0.4) is 0 Å². The summed E-state index contributed by atoms with van der Waals surface area (Å²) in [5.41, 5.74) is 8.59. The van der Waals surface area contributed by atoms with E-state index in [1.807, 2.05) is 23.7 Å². The number of rotatable bonds is 2. The van der Waals surface area contributed by atoms with Crippen LogP contribution in [-0.4, -0.2) is 20.7 Å². The summed E-state index contributed by atoms with van der Waals surface area (Å²) in [5, 5.41) is 11.5. The van der Waals surface area contributed by atoms with Crippen molar-refractivity contribution in [2.45, 2.75) is 22.9 Å². The standard InChI is InChI=1S/C12H13N5OS/c1-17-6-14-16-12(17)19-10-4-7-2-3-11(18)15-9(7)5-8(10)13/h4-6H,2-3,13H2,1H3,(H,15,18). The first-order valence-corrected chi connectivity index (χ1v) is 6.69. The van der Waals surface area contributed by atoms with Gasteiger partial charge in [-0.3, -0.25) is 4.79 Å². The van der Waals surface area contributed by atoms with Crippen LogP contribution in [0.1, 0.15) is 12.0 Å². The first kappa shape index (κ1) is 12.0. The molecule has 0 aliphatic carbocycles. The summed E-state index contributed by atoms with van der Waals surface area (Å²) < 4.78 is 1.84. The second-order valence-electron chi connectivity index (χ2n) is 4.42. The highest BCUT2D eigenvalue weighted by Gasteiger charge is 2.17. The van der Waals surface area contributed by atoms with Gasteiger partial charge in [0, 0.05) is 29.7 Å². The zero-order chi connectivity index (χ0) is 13.4. The number of aryl methyl sites for hydroxylation is 2. The van der Waals surface area contributed by atoms with Crippen LogP contribution in [0.4, 0.5) is 11.4 Å². The van der Waals surface area contributed by atoms with Gasteiger partial charge in [0.15, 0.2) is 5.16 Å². The summed E-state index contributed by atoms with van der Waals surface area (Å²) >= 11 is 1.47. The quantitative estimate of drug-likeness (QED) is 0.810. The van der Waals surface area contributed by atoms with Gasteiger partial charge in [-0.05, 0) is 35.9 Å². The fourth-order valence-corrected chi connectivity index (χ4v) is 2.83. The average molecular weight is 275 g/mol. The van der Waals surface area contributed by atoms with Gasteiger partial charge in [0.25, 0.3) is 0 Å². The van der Waals surface area contributed by atoms with Crippen LogP contribution in [0.15, 0.2) is 28.5 Å². The van der Waals surface area contributed by atoms with E-state index in [9.17, 15) is 4.79 Å². The lowest BCUT2D eigenvalue weighted by atomic mass is 10.0. The molecule has 1 aliphatic rings. The second kappa shape index (κ2) is 4.58. The van der Waals surface area contributed by atoms with Crippen molar-refractivity contribution in [2.75, 3.05) is 11.1 Å². The minimum Gasteiger partial charge on any atom is -0.398 e. The molecule has 1 amide bonds. The van der Waals surface area contributed by atoms with Crippen LogP contribution in [0.2, 0.25) is 0 Å².